The van der Waals surface area contributed by atoms with Crippen molar-refractivity contribution in [1.29, 1.82) is 0 Å². The van der Waals surface area contributed by atoms with Crippen molar-refractivity contribution in [2.75, 3.05) is 13.2 Å². The second-order valence-electron chi connectivity index (χ2n) is 4.56. The summed E-state index contributed by atoms with van der Waals surface area (Å²) >= 11 is 1.49. The number of aliphatic hydroxyl groups excluding tert-OH is 1. The average molecular weight is 291 g/mol. The molecule has 0 aliphatic carbocycles. The monoisotopic (exact) mass is 291 g/mol. The van der Waals surface area contributed by atoms with E-state index in [1.807, 2.05) is 27.7 Å². The summed E-state index contributed by atoms with van der Waals surface area (Å²) in [6.07, 6.45) is 0.458. The molecule has 6 heteroatoms. The number of rotatable bonds is 6. The molecule has 0 aliphatic heterocycles. The Balaban J connectivity index is 3.13. The van der Waals surface area contributed by atoms with Gasteiger partial charge >= 0.3 is 0 Å². The second-order valence-corrected chi connectivity index (χ2v) is 7.88. The molecule has 4 nitrogen and oxygen atoms in total. The van der Waals surface area contributed by atoms with Crippen LogP contribution in [0.4, 0.5) is 0 Å². The molecule has 18 heavy (non-hydrogen) atoms. The number of hydrogen-bond donors (Lipinski definition) is 1. The number of thiophene rings is 1. The van der Waals surface area contributed by atoms with Gasteiger partial charge in [0.1, 0.15) is 0 Å². The predicted octanol–water partition coefficient (Wildman–Crippen LogP) is 2.15. The predicted molar refractivity (Wildman–Crippen MR) is 74.5 cm³/mol. The molecule has 0 saturated heterocycles. The first-order valence-corrected chi connectivity index (χ1v) is 8.26. The van der Waals surface area contributed by atoms with E-state index in [9.17, 15) is 8.42 Å². The Bertz CT molecular complexity index is 491. The molecule has 0 atom stereocenters. The fraction of sp³-hybridized carbons (Fsp3) is 0.667. The van der Waals surface area contributed by atoms with Gasteiger partial charge in [0.25, 0.3) is 0 Å². The summed E-state index contributed by atoms with van der Waals surface area (Å²) in [7, 11) is -3.45. The van der Waals surface area contributed by atoms with Gasteiger partial charge in [0.15, 0.2) is 0 Å². The van der Waals surface area contributed by atoms with Crippen LogP contribution in [0, 0.1) is 13.8 Å². The lowest BCUT2D eigenvalue weighted by Crippen LogP contribution is -2.38. The summed E-state index contributed by atoms with van der Waals surface area (Å²) in [6.45, 7) is 7.79. The minimum absolute atomic E-state index is 0.000384. The van der Waals surface area contributed by atoms with E-state index in [0.717, 1.165) is 9.75 Å². The molecule has 1 aromatic rings. The maximum Gasteiger partial charge on any atom is 0.244 e. The van der Waals surface area contributed by atoms with Crippen molar-refractivity contribution in [2.45, 2.75) is 45.1 Å². The Morgan fingerprint density at radius 3 is 2.39 bits per heavy atom. The lowest BCUT2D eigenvalue weighted by Gasteiger charge is -2.25. The Morgan fingerprint density at radius 2 is 2.00 bits per heavy atom. The molecule has 104 valence electrons. The molecule has 0 fully saturated rings. The van der Waals surface area contributed by atoms with Crippen molar-refractivity contribution >= 4 is 21.4 Å². The zero-order valence-corrected chi connectivity index (χ0v) is 12.9. The molecular formula is C12H21NO3S2. The SMILES string of the molecule is Cc1cc(S(=O)(=O)N(CCCO)C(C)C)c(C)s1. The molecular weight excluding hydrogens is 270 g/mol. The minimum atomic E-state index is -3.45. The molecule has 0 saturated carbocycles. The third kappa shape index (κ3) is 3.32. The highest BCUT2D eigenvalue weighted by molar-refractivity contribution is 7.89. The first kappa shape index (κ1) is 15.6. The van der Waals surface area contributed by atoms with E-state index >= 15 is 0 Å². The summed E-state index contributed by atoms with van der Waals surface area (Å²) in [5.74, 6) is 0. The van der Waals surface area contributed by atoms with Crippen molar-refractivity contribution in [3.8, 4) is 0 Å². The first-order valence-electron chi connectivity index (χ1n) is 6.00. The van der Waals surface area contributed by atoms with Gasteiger partial charge in [-0.05, 0) is 40.2 Å². The Morgan fingerprint density at radius 1 is 1.39 bits per heavy atom. The molecule has 1 rings (SSSR count). The van der Waals surface area contributed by atoms with Crippen molar-refractivity contribution in [2.24, 2.45) is 0 Å². The maximum absolute atomic E-state index is 12.6. The van der Waals surface area contributed by atoms with Gasteiger partial charge in [-0.25, -0.2) is 8.42 Å². The van der Waals surface area contributed by atoms with E-state index in [1.165, 1.54) is 15.6 Å². The number of nitrogens with zero attached hydrogens (tertiary/aromatic N) is 1. The van der Waals surface area contributed by atoms with Gasteiger partial charge in [0, 0.05) is 28.9 Å². The van der Waals surface area contributed by atoms with E-state index < -0.39 is 10.0 Å². The van der Waals surface area contributed by atoms with Crippen LogP contribution in [0.2, 0.25) is 0 Å². The van der Waals surface area contributed by atoms with Crippen LogP contribution in [0.5, 0.6) is 0 Å². The van der Waals surface area contributed by atoms with E-state index in [-0.39, 0.29) is 12.6 Å². The summed E-state index contributed by atoms with van der Waals surface area (Å²) in [4.78, 5) is 2.22. The molecule has 0 unspecified atom stereocenters. The molecule has 0 radical (unpaired) electrons. The molecule has 0 aromatic carbocycles. The van der Waals surface area contributed by atoms with Crippen LogP contribution in [-0.4, -0.2) is 37.0 Å². The highest BCUT2D eigenvalue weighted by Crippen LogP contribution is 2.28. The molecule has 0 bridgehead atoms. The maximum atomic E-state index is 12.6. The third-order valence-corrected chi connectivity index (χ3v) is 5.99. The van der Waals surface area contributed by atoms with Gasteiger partial charge in [-0.15, -0.1) is 11.3 Å². The second kappa shape index (κ2) is 6.14. The summed E-state index contributed by atoms with van der Waals surface area (Å²) in [6, 6.07) is 1.62. The van der Waals surface area contributed by atoms with Crippen LogP contribution >= 0.6 is 11.3 Å². The highest BCUT2D eigenvalue weighted by atomic mass is 32.2. The summed E-state index contributed by atoms with van der Waals surface area (Å²) in [5.41, 5.74) is 0. The normalized spacial score (nSPS) is 12.6. The zero-order valence-electron chi connectivity index (χ0n) is 11.3. The number of aliphatic hydroxyl groups is 1. The van der Waals surface area contributed by atoms with Crippen LogP contribution in [-0.2, 0) is 10.0 Å². The Hall–Kier alpha value is -0.430. The number of aryl methyl sites for hydroxylation is 2. The van der Waals surface area contributed by atoms with E-state index in [4.69, 9.17) is 5.11 Å². The van der Waals surface area contributed by atoms with Crippen LogP contribution in [0.15, 0.2) is 11.0 Å². The fourth-order valence-electron chi connectivity index (χ4n) is 1.87. The average Bonchev–Trinajstić information content (AvgIpc) is 2.58. The third-order valence-electron chi connectivity index (χ3n) is 2.69. The van der Waals surface area contributed by atoms with Crippen molar-refractivity contribution in [3.05, 3.63) is 15.8 Å². The lowest BCUT2D eigenvalue weighted by molar-refractivity contribution is 0.258. The van der Waals surface area contributed by atoms with Crippen LogP contribution in [0.3, 0.4) is 0 Å². The largest absolute Gasteiger partial charge is 0.396 e. The van der Waals surface area contributed by atoms with E-state index in [0.29, 0.717) is 17.9 Å². The zero-order chi connectivity index (χ0) is 13.9. The van der Waals surface area contributed by atoms with Gasteiger partial charge in [0.05, 0.1) is 4.90 Å². The standard InChI is InChI=1S/C12H21NO3S2/c1-9(2)13(6-5-7-14)18(15,16)12-8-10(3)17-11(12)4/h8-9,14H,5-7H2,1-4H3. The van der Waals surface area contributed by atoms with Gasteiger partial charge in [-0.1, -0.05) is 0 Å². The quantitative estimate of drug-likeness (QED) is 0.873. The topological polar surface area (TPSA) is 57.6 Å². The van der Waals surface area contributed by atoms with Crippen molar-refractivity contribution < 1.29 is 13.5 Å². The van der Waals surface area contributed by atoms with Crippen molar-refractivity contribution in [1.82, 2.24) is 4.31 Å². The van der Waals surface area contributed by atoms with Gasteiger partial charge in [-0.3, -0.25) is 0 Å². The molecule has 0 aliphatic rings. The molecule has 1 aromatic heterocycles. The first-order chi connectivity index (χ1) is 8.30. The number of sulfonamides is 1. The van der Waals surface area contributed by atoms with E-state index in [1.54, 1.807) is 6.07 Å². The smallest absolute Gasteiger partial charge is 0.244 e. The minimum Gasteiger partial charge on any atom is -0.396 e. The highest BCUT2D eigenvalue weighted by Gasteiger charge is 2.28. The van der Waals surface area contributed by atoms with Crippen LogP contribution < -0.4 is 0 Å². The Kier molecular flexibility index (Phi) is 5.33. The van der Waals surface area contributed by atoms with Crippen molar-refractivity contribution in [3.63, 3.8) is 0 Å². The molecule has 0 amide bonds. The number of hydrogen-bond acceptors (Lipinski definition) is 4. The van der Waals surface area contributed by atoms with Gasteiger partial charge < -0.3 is 5.11 Å². The van der Waals surface area contributed by atoms with E-state index in [2.05, 4.69) is 0 Å². The van der Waals surface area contributed by atoms with Crippen LogP contribution in [0.1, 0.15) is 30.0 Å². The summed E-state index contributed by atoms with van der Waals surface area (Å²) in [5, 5.41) is 8.87. The van der Waals surface area contributed by atoms with Gasteiger partial charge in [-0.2, -0.15) is 4.31 Å². The summed E-state index contributed by atoms with van der Waals surface area (Å²) < 4.78 is 26.6. The fourth-order valence-corrected chi connectivity index (χ4v) is 5.07. The molecule has 0 spiro atoms. The van der Waals surface area contributed by atoms with Gasteiger partial charge in [0.2, 0.25) is 10.0 Å². The van der Waals surface area contributed by atoms with Crippen LogP contribution in [0.25, 0.3) is 0 Å². The molecule has 1 N–H and O–H groups in total. The lowest BCUT2D eigenvalue weighted by atomic mass is 10.3. The Labute approximate surface area is 113 Å². The molecule has 1 heterocycles.